The van der Waals surface area contributed by atoms with Crippen molar-refractivity contribution >= 4 is 17.4 Å². The third kappa shape index (κ3) is 5.97. The minimum Gasteiger partial charge on any atom is -0.381 e. The summed E-state index contributed by atoms with van der Waals surface area (Å²) >= 11 is 0. The number of aromatic nitrogens is 1. The number of hydrogen-bond acceptors (Lipinski definition) is 6. The minimum absolute atomic E-state index is 0.178. The van der Waals surface area contributed by atoms with Gasteiger partial charge in [-0.2, -0.15) is 0 Å². The molecule has 1 aromatic heterocycles. The van der Waals surface area contributed by atoms with Gasteiger partial charge in [0.2, 0.25) is 0 Å². The topological polar surface area (TPSA) is 95.7 Å². The summed E-state index contributed by atoms with van der Waals surface area (Å²) in [6, 6.07) is 11.8. The van der Waals surface area contributed by atoms with Crippen molar-refractivity contribution in [2.75, 3.05) is 62.7 Å². The minimum atomic E-state index is -0.381. The standard InChI is InChI=1S/C24H34N6O2/c25-24(7-17-32-18-8-24)20-3-1-4-21(19-20)28-23(31)27-9-2-12-29-13-15-30(16-14-29)22-5-10-26-11-6-22/h1,3-6,10-11,19H,2,7-9,12-18,25H2,(H2,27,28,31). The lowest BCUT2D eigenvalue weighted by Gasteiger charge is -2.36. The third-order valence-electron chi connectivity index (χ3n) is 6.42. The molecule has 8 nitrogen and oxygen atoms in total. The normalized spacial score (nSPS) is 18.8. The molecule has 0 saturated carbocycles. The molecule has 32 heavy (non-hydrogen) atoms. The summed E-state index contributed by atoms with van der Waals surface area (Å²) in [6.45, 7) is 7.08. The van der Waals surface area contributed by atoms with Gasteiger partial charge < -0.3 is 26.0 Å². The van der Waals surface area contributed by atoms with Crippen LogP contribution in [0.4, 0.5) is 16.2 Å². The second-order valence-corrected chi connectivity index (χ2v) is 8.62. The summed E-state index contributed by atoms with van der Waals surface area (Å²) in [5.74, 6) is 0. The zero-order valence-electron chi connectivity index (χ0n) is 18.6. The van der Waals surface area contributed by atoms with Crippen LogP contribution >= 0.6 is 0 Å². The van der Waals surface area contributed by atoms with Gasteiger partial charge in [-0.25, -0.2) is 4.79 Å². The maximum Gasteiger partial charge on any atom is 0.319 e. The first-order chi connectivity index (χ1) is 15.6. The second-order valence-electron chi connectivity index (χ2n) is 8.62. The van der Waals surface area contributed by atoms with Gasteiger partial charge in [0.15, 0.2) is 0 Å². The van der Waals surface area contributed by atoms with E-state index < -0.39 is 0 Å². The van der Waals surface area contributed by atoms with Crippen molar-refractivity contribution in [2.24, 2.45) is 5.73 Å². The van der Waals surface area contributed by atoms with Gasteiger partial charge in [0.1, 0.15) is 0 Å². The molecule has 4 N–H and O–H groups in total. The number of benzene rings is 1. The van der Waals surface area contributed by atoms with Crippen LogP contribution in [0.5, 0.6) is 0 Å². The Bertz CT molecular complexity index is 864. The van der Waals surface area contributed by atoms with Gasteiger partial charge >= 0.3 is 6.03 Å². The summed E-state index contributed by atoms with van der Waals surface area (Å²) in [4.78, 5) is 21.3. The molecule has 0 spiro atoms. The molecule has 3 heterocycles. The molecule has 2 aliphatic rings. The fourth-order valence-electron chi connectivity index (χ4n) is 4.40. The summed E-state index contributed by atoms with van der Waals surface area (Å²) in [6.07, 6.45) is 6.19. The molecular formula is C24H34N6O2. The molecule has 8 heteroatoms. The lowest BCUT2D eigenvalue weighted by atomic mass is 9.84. The molecule has 0 bridgehead atoms. The number of urea groups is 1. The summed E-state index contributed by atoms with van der Waals surface area (Å²) in [5, 5.41) is 5.91. The number of amides is 2. The molecule has 2 saturated heterocycles. The number of piperazine rings is 1. The van der Waals surface area contributed by atoms with Crippen LogP contribution in [0.15, 0.2) is 48.8 Å². The highest BCUT2D eigenvalue weighted by Crippen LogP contribution is 2.30. The lowest BCUT2D eigenvalue weighted by Crippen LogP contribution is -2.47. The highest BCUT2D eigenvalue weighted by molar-refractivity contribution is 5.89. The Morgan fingerprint density at radius 2 is 1.84 bits per heavy atom. The molecule has 2 fully saturated rings. The molecule has 172 valence electrons. The van der Waals surface area contributed by atoms with Crippen molar-refractivity contribution in [2.45, 2.75) is 24.8 Å². The average molecular weight is 439 g/mol. The van der Waals surface area contributed by atoms with Crippen LogP contribution in [-0.4, -0.2) is 68.4 Å². The van der Waals surface area contributed by atoms with Crippen LogP contribution in [0, 0.1) is 0 Å². The molecule has 0 unspecified atom stereocenters. The van der Waals surface area contributed by atoms with Crippen LogP contribution in [0.25, 0.3) is 0 Å². The largest absolute Gasteiger partial charge is 0.381 e. The van der Waals surface area contributed by atoms with Gasteiger partial charge in [-0.1, -0.05) is 12.1 Å². The van der Waals surface area contributed by atoms with Crippen LogP contribution < -0.4 is 21.3 Å². The number of nitrogens with two attached hydrogens (primary N) is 1. The van der Waals surface area contributed by atoms with E-state index in [2.05, 4.69) is 37.6 Å². The van der Waals surface area contributed by atoms with Crippen molar-refractivity contribution < 1.29 is 9.53 Å². The molecule has 0 radical (unpaired) electrons. The zero-order chi connectivity index (χ0) is 22.2. The van der Waals surface area contributed by atoms with Gasteiger partial charge in [-0.3, -0.25) is 9.88 Å². The monoisotopic (exact) mass is 438 g/mol. The van der Waals surface area contributed by atoms with E-state index >= 15 is 0 Å². The Labute approximate surface area is 190 Å². The number of nitrogens with one attached hydrogen (secondary N) is 2. The van der Waals surface area contributed by atoms with Gasteiger partial charge in [0.25, 0.3) is 0 Å². The maximum absolute atomic E-state index is 12.3. The maximum atomic E-state index is 12.3. The van der Waals surface area contributed by atoms with E-state index in [9.17, 15) is 4.79 Å². The Hall–Kier alpha value is -2.68. The third-order valence-corrected chi connectivity index (χ3v) is 6.42. The van der Waals surface area contributed by atoms with Crippen LogP contribution in [0.3, 0.4) is 0 Å². The number of pyridine rings is 1. The summed E-state index contributed by atoms with van der Waals surface area (Å²) in [5.41, 5.74) is 9.24. The smallest absolute Gasteiger partial charge is 0.319 e. The predicted molar refractivity (Wildman–Crippen MR) is 127 cm³/mol. The first-order valence-corrected chi connectivity index (χ1v) is 11.5. The van der Waals surface area contributed by atoms with E-state index in [1.54, 1.807) is 0 Å². The Kier molecular flexibility index (Phi) is 7.57. The molecule has 4 rings (SSSR count). The average Bonchev–Trinajstić information content (AvgIpc) is 2.83. The fraction of sp³-hybridized carbons (Fsp3) is 0.500. The molecule has 2 amide bonds. The first kappa shape index (κ1) is 22.5. The summed E-state index contributed by atoms with van der Waals surface area (Å²) in [7, 11) is 0. The van der Waals surface area contributed by atoms with Crippen molar-refractivity contribution in [3.8, 4) is 0 Å². The van der Waals surface area contributed by atoms with E-state index in [1.165, 1.54) is 5.69 Å². The van der Waals surface area contributed by atoms with Crippen molar-refractivity contribution in [3.05, 3.63) is 54.4 Å². The first-order valence-electron chi connectivity index (χ1n) is 11.5. The predicted octanol–water partition coefficient (Wildman–Crippen LogP) is 2.38. The number of carbonyl (C=O) groups is 1. The molecule has 0 aliphatic carbocycles. The molecule has 1 aromatic carbocycles. The Morgan fingerprint density at radius 3 is 2.59 bits per heavy atom. The van der Waals surface area contributed by atoms with Crippen molar-refractivity contribution in [1.82, 2.24) is 15.2 Å². The van der Waals surface area contributed by atoms with E-state index in [0.29, 0.717) is 19.8 Å². The van der Waals surface area contributed by atoms with E-state index in [1.807, 2.05) is 36.7 Å². The summed E-state index contributed by atoms with van der Waals surface area (Å²) < 4.78 is 5.44. The molecule has 2 aliphatic heterocycles. The number of rotatable bonds is 7. The van der Waals surface area contributed by atoms with Crippen LogP contribution in [0.2, 0.25) is 0 Å². The Balaban J connectivity index is 1.15. The van der Waals surface area contributed by atoms with E-state index in [0.717, 1.165) is 63.2 Å². The van der Waals surface area contributed by atoms with Gasteiger partial charge in [-0.15, -0.1) is 0 Å². The fourth-order valence-corrected chi connectivity index (χ4v) is 4.40. The molecule has 2 aromatic rings. The highest BCUT2D eigenvalue weighted by atomic mass is 16.5. The van der Waals surface area contributed by atoms with Crippen molar-refractivity contribution in [1.29, 1.82) is 0 Å². The number of hydrogen-bond donors (Lipinski definition) is 3. The van der Waals surface area contributed by atoms with E-state index in [-0.39, 0.29) is 11.6 Å². The van der Waals surface area contributed by atoms with Gasteiger partial charge in [0.05, 0.1) is 0 Å². The van der Waals surface area contributed by atoms with Gasteiger partial charge in [0, 0.05) is 75.2 Å². The quantitative estimate of drug-likeness (QED) is 0.575. The van der Waals surface area contributed by atoms with Crippen molar-refractivity contribution in [3.63, 3.8) is 0 Å². The van der Waals surface area contributed by atoms with Gasteiger partial charge in [-0.05, 0) is 55.6 Å². The second kappa shape index (κ2) is 10.8. The number of carbonyl (C=O) groups excluding carboxylic acids is 1. The SMILES string of the molecule is NC1(c2cccc(NC(=O)NCCCN3CCN(c4ccncc4)CC3)c2)CCOCC1. The lowest BCUT2D eigenvalue weighted by molar-refractivity contribution is 0.0523. The van der Waals surface area contributed by atoms with E-state index in [4.69, 9.17) is 10.5 Å². The number of nitrogens with zero attached hydrogens (tertiary/aromatic N) is 3. The zero-order valence-corrected chi connectivity index (χ0v) is 18.6. The number of ether oxygens (including phenoxy) is 1. The molecular weight excluding hydrogens is 404 g/mol. The molecule has 0 atom stereocenters. The van der Waals surface area contributed by atoms with Crippen LogP contribution in [0.1, 0.15) is 24.8 Å². The van der Waals surface area contributed by atoms with Crippen LogP contribution in [-0.2, 0) is 10.3 Å². The highest BCUT2D eigenvalue weighted by Gasteiger charge is 2.30. The Morgan fingerprint density at radius 1 is 1.09 bits per heavy atom. The number of anilines is 2.